The molecule has 1 aromatic heterocycles. The van der Waals surface area contributed by atoms with Crippen LogP contribution in [0.15, 0.2) is 29.6 Å². The molecular weight excluding hydrogens is 245 g/mol. The van der Waals surface area contributed by atoms with E-state index in [-0.39, 0.29) is 5.82 Å². The fourth-order valence-corrected chi connectivity index (χ4v) is 2.83. The third-order valence-corrected chi connectivity index (χ3v) is 4.22. The summed E-state index contributed by atoms with van der Waals surface area (Å²) in [4.78, 5) is 1.28. The van der Waals surface area contributed by atoms with Gasteiger partial charge < -0.3 is 5.32 Å². The topological polar surface area (TPSA) is 12.0 Å². The summed E-state index contributed by atoms with van der Waals surface area (Å²) in [5.74, 6) is -0.111. The number of benzene rings is 1. The zero-order valence-corrected chi connectivity index (χ0v) is 11.2. The zero-order valence-electron chi connectivity index (χ0n) is 10.4. The number of hydrogen-bond acceptors (Lipinski definition) is 2. The quantitative estimate of drug-likeness (QED) is 0.873. The van der Waals surface area contributed by atoms with Crippen LogP contribution in [0.5, 0.6) is 0 Å². The summed E-state index contributed by atoms with van der Waals surface area (Å²) in [5, 5.41) is 5.44. The van der Waals surface area contributed by atoms with Gasteiger partial charge in [-0.2, -0.15) is 0 Å². The van der Waals surface area contributed by atoms with Gasteiger partial charge in [-0.25, -0.2) is 4.39 Å². The number of hydrogen-bond donors (Lipinski definition) is 1. The second-order valence-corrected chi connectivity index (χ2v) is 5.97. The summed E-state index contributed by atoms with van der Waals surface area (Å²) < 4.78 is 13.7. The summed E-state index contributed by atoms with van der Waals surface area (Å²) in [6.07, 6.45) is 2.45. The van der Waals surface area contributed by atoms with Gasteiger partial charge in [-0.3, -0.25) is 0 Å². The van der Waals surface area contributed by atoms with Crippen LogP contribution in [0.4, 0.5) is 4.39 Å². The van der Waals surface area contributed by atoms with Gasteiger partial charge in [-0.1, -0.05) is 6.07 Å². The fraction of sp³-hybridized carbons (Fsp3) is 0.333. The minimum atomic E-state index is -0.111. The molecule has 0 atom stereocenters. The highest BCUT2D eigenvalue weighted by Gasteiger charge is 2.20. The Kier molecular flexibility index (Phi) is 3.18. The Balaban J connectivity index is 1.87. The van der Waals surface area contributed by atoms with E-state index in [1.54, 1.807) is 17.4 Å². The predicted octanol–water partition coefficient (Wildman–Crippen LogP) is 4.11. The number of aryl methyl sites for hydroxylation is 1. The molecule has 3 rings (SSSR count). The third-order valence-electron chi connectivity index (χ3n) is 3.37. The van der Waals surface area contributed by atoms with E-state index in [9.17, 15) is 4.39 Å². The van der Waals surface area contributed by atoms with E-state index in [0.717, 1.165) is 11.1 Å². The molecule has 1 nitrogen and oxygen atoms in total. The molecular formula is C15H16FNS. The molecule has 3 heteroatoms. The summed E-state index contributed by atoms with van der Waals surface area (Å²) in [6, 6.07) is 8.13. The summed E-state index contributed by atoms with van der Waals surface area (Å²) in [6.45, 7) is 2.74. The summed E-state index contributed by atoms with van der Waals surface area (Å²) >= 11 is 1.73. The van der Waals surface area contributed by atoms with Crippen LogP contribution in [0.25, 0.3) is 11.1 Å². The molecule has 1 fully saturated rings. The number of thiophene rings is 1. The van der Waals surface area contributed by atoms with Crippen molar-refractivity contribution in [2.24, 2.45) is 0 Å². The predicted molar refractivity (Wildman–Crippen MR) is 74.3 cm³/mol. The Morgan fingerprint density at radius 2 is 2.17 bits per heavy atom. The summed E-state index contributed by atoms with van der Waals surface area (Å²) in [5.41, 5.74) is 3.10. The van der Waals surface area contributed by atoms with E-state index in [2.05, 4.69) is 23.7 Å². The lowest BCUT2D eigenvalue weighted by Gasteiger charge is -2.08. The Labute approximate surface area is 111 Å². The molecule has 1 aliphatic carbocycles. The molecule has 0 spiro atoms. The first kappa shape index (κ1) is 11.9. The van der Waals surface area contributed by atoms with E-state index >= 15 is 0 Å². The number of halogens is 1. The first-order chi connectivity index (χ1) is 8.74. The zero-order chi connectivity index (χ0) is 12.5. The Morgan fingerprint density at radius 1 is 1.33 bits per heavy atom. The smallest absolute Gasteiger partial charge is 0.127 e. The largest absolute Gasteiger partial charge is 0.310 e. The van der Waals surface area contributed by atoms with Gasteiger partial charge in [0.05, 0.1) is 0 Å². The molecule has 1 aliphatic rings. The van der Waals surface area contributed by atoms with Crippen LogP contribution >= 0.6 is 11.3 Å². The van der Waals surface area contributed by atoms with Crippen molar-refractivity contribution in [3.8, 4) is 11.1 Å². The minimum absolute atomic E-state index is 0.111. The normalized spacial score (nSPS) is 15.0. The molecule has 94 valence electrons. The molecule has 0 unspecified atom stereocenters. The molecule has 1 N–H and O–H groups in total. The Morgan fingerprint density at radius 3 is 2.83 bits per heavy atom. The van der Waals surface area contributed by atoms with E-state index in [4.69, 9.17) is 0 Å². The molecule has 2 aromatic rings. The van der Waals surface area contributed by atoms with Gasteiger partial charge in [0, 0.05) is 23.0 Å². The van der Waals surface area contributed by atoms with Gasteiger partial charge in [-0.15, -0.1) is 11.3 Å². The van der Waals surface area contributed by atoms with E-state index in [1.807, 2.05) is 12.1 Å². The molecule has 1 saturated carbocycles. The van der Waals surface area contributed by atoms with Crippen molar-refractivity contribution in [1.82, 2.24) is 5.32 Å². The van der Waals surface area contributed by atoms with Crippen LogP contribution in [-0.4, -0.2) is 6.04 Å². The molecule has 18 heavy (non-hydrogen) atoms. The molecule has 0 saturated heterocycles. The maximum absolute atomic E-state index is 13.7. The lowest BCUT2D eigenvalue weighted by Crippen LogP contribution is -2.16. The van der Waals surface area contributed by atoms with Crippen molar-refractivity contribution in [3.63, 3.8) is 0 Å². The first-order valence-electron chi connectivity index (χ1n) is 6.30. The molecule has 1 heterocycles. The maximum Gasteiger partial charge on any atom is 0.127 e. The van der Waals surface area contributed by atoms with Gasteiger partial charge in [0.25, 0.3) is 0 Å². The lowest BCUT2D eigenvalue weighted by atomic mass is 10.0. The maximum atomic E-state index is 13.7. The van der Waals surface area contributed by atoms with E-state index < -0.39 is 0 Å². The standard InChI is InChI=1S/C15H16FNS/c1-10-14(6-7-18-10)11-2-5-15(16)12(8-11)9-17-13-3-4-13/h2,5-8,13,17H,3-4,9H2,1H3. The van der Waals surface area contributed by atoms with Crippen LogP contribution in [-0.2, 0) is 6.54 Å². The van der Waals surface area contributed by atoms with Crippen molar-refractivity contribution < 1.29 is 4.39 Å². The highest BCUT2D eigenvalue weighted by Crippen LogP contribution is 2.29. The van der Waals surface area contributed by atoms with Gasteiger partial charge in [0.15, 0.2) is 0 Å². The highest BCUT2D eigenvalue weighted by molar-refractivity contribution is 7.10. The van der Waals surface area contributed by atoms with Crippen LogP contribution in [0.2, 0.25) is 0 Å². The molecule has 0 amide bonds. The SMILES string of the molecule is Cc1sccc1-c1ccc(F)c(CNC2CC2)c1. The summed E-state index contributed by atoms with van der Waals surface area (Å²) in [7, 11) is 0. The second kappa shape index (κ2) is 4.82. The van der Waals surface area contributed by atoms with Gasteiger partial charge in [0.2, 0.25) is 0 Å². The number of rotatable bonds is 4. The minimum Gasteiger partial charge on any atom is -0.310 e. The van der Waals surface area contributed by atoms with Crippen LogP contribution in [0.3, 0.4) is 0 Å². The Bertz CT molecular complexity index is 557. The monoisotopic (exact) mass is 261 g/mol. The third kappa shape index (κ3) is 2.47. The van der Waals surface area contributed by atoms with Crippen molar-refractivity contribution >= 4 is 11.3 Å². The van der Waals surface area contributed by atoms with E-state index in [1.165, 1.54) is 23.3 Å². The van der Waals surface area contributed by atoms with Crippen molar-refractivity contribution in [2.45, 2.75) is 32.4 Å². The Hall–Kier alpha value is -1.19. The average Bonchev–Trinajstić information content (AvgIpc) is 3.10. The van der Waals surface area contributed by atoms with Gasteiger partial charge in [0.1, 0.15) is 5.82 Å². The van der Waals surface area contributed by atoms with Crippen LogP contribution in [0.1, 0.15) is 23.3 Å². The molecule has 1 aromatic carbocycles. The van der Waals surface area contributed by atoms with Gasteiger partial charge in [-0.05, 0) is 54.5 Å². The van der Waals surface area contributed by atoms with Crippen molar-refractivity contribution in [2.75, 3.05) is 0 Å². The van der Waals surface area contributed by atoms with Crippen LogP contribution < -0.4 is 5.32 Å². The lowest BCUT2D eigenvalue weighted by molar-refractivity contribution is 0.587. The van der Waals surface area contributed by atoms with Gasteiger partial charge >= 0.3 is 0 Å². The second-order valence-electron chi connectivity index (χ2n) is 4.85. The first-order valence-corrected chi connectivity index (χ1v) is 7.18. The molecule has 0 aliphatic heterocycles. The van der Waals surface area contributed by atoms with E-state index in [0.29, 0.717) is 12.6 Å². The molecule has 0 bridgehead atoms. The van der Waals surface area contributed by atoms with Crippen molar-refractivity contribution in [1.29, 1.82) is 0 Å². The average molecular weight is 261 g/mol. The molecule has 0 radical (unpaired) electrons. The van der Waals surface area contributed by atoms with Crippen molar-refractivity contribution in [3.05, 3.63) is 45.9 Å². The van der Waals surface area contributed by atoms with Crippen LogP contribution in [0, 0.1) is 12.7 Å². The fourth-order valence-electron chi connectivity index (χ4n) is 2.10. The number of nitrogens with one attached hydrogen (secondary N) is 1. The highest BCUT2D eigenvalue weighted by atomic mass is 32.1.